The topological polar surface area (TPSA) is 74.6 Å². The van der Waals surface area contributed by atoms with E-state index < -0.39 is 23.9 Å². The van der Waals surface area contributed by atoms with Crippen LogP contribution < -0.4 is 0 Å². The molecule has 0 aromatic carbocycles. The van der Waals surface area contributed by atoms with Crippen molar-refractivity contribution in [2.75, 3.05) is 0 Å². The summed E-state index contributed by atoms with van der Waals surface area (Å²) in [5.41, 5.74) is -0.553. The number of hydrogen-bond donors (Lipinski definition) is 2. The fourth-order valence-electron chi connectivity index (χ4n) is 0.239. The Morgan fingerprint density at radius 1 is 1.30 bits per heavy atom. The summed E-state index contributed by atoms with van der Waals surface area (Å²) in [7, 11) is 0. The summed E-state index contributed by atoms with van der Waals surface area (Å²) in [6.45, 7) is 4.75. The molecule has 0 aliphatic rings. The molecule has 5 heteroatoms. The van der Waals surface area contributed by atoms with Gasteiger partial charge in [0.15, 0.2) is 5.97 Å². The van der Waals surface area contributed by atoms with Gasteiger partial charge < -0.3 is 15.0 Å². The molecule has 52 valence electrons. The minimum atomic E-state index is -1.38. The van der Waals surface area contributed by atoms with Gasteiger partial charge in [-0.15, -0.1) is 5.57 Å². The van der Waals surface area contributed by atoms with E-state index in [-0.39, 0.29) is 0 Å². The Bertz CT molecular complexity index is 163. The van der Waals surface area contributed by atoms with Crippen LogP contribution >= 0.6 is 0 Å². The normalized spacial score (nSPS) is 7.60. The third-order valence-corrected chi connectivity index (χ3v) is 0.616. The molecule has 0 amide bonds. The molecule has 0 heterocycles. The molecule has 4 nitrogen and oxygen atoms in total. The van der Waals surface area contributed by atoms with E-state index in [2.05, 4.69) is 0 Å². The van der Waals surface area contributed by atoms with Crippen molar-refractivity contribution >= 4 is 11.9 Å². The maximum atomic E-state index is 9.81. The molecular weight excluding hydrogens is 391 g/mol. The molecule has 0 saturated carbocycles. The average Bonchev–Trinajstić information content (AvgIpc) is 1.63. The number of carboxylic acids is 2. The van der Waals surface area contributed by atoms with Gasteiger partial charge in [0.2, 0.25) is 0 Å². The second-order valence-electron chi connectivity index (χ2n) is 1.40. The molecule has 0 rings (SSSR count). The fraction of sp³-hybridized carbons (Fsp3) is 0.200. The van der Waals surface area contributed by atoms with Gasteiger partial charge in [-0.3, -0.25) is 11.4 Å². The summed E-state index contributed by atoms with van der Waals surface area (Å²) in [6.07, 6.45) is -0.616. The van der Waals surface area contributed by atoms with Gasteiger partial charge in [-0.05, 0) is 0 Å². The molecule has 0 radical (unpaired) electrons. The molecule has 0 aliphatic heterocycles. The van der Waals surface area contributed by atoms with Crippen molar-refractivity contribution in [1.82, 2.24) is 0 Å². The summed E-state index contributed by atoms with van der Waals surface area (Å²) in [5, 5.41) is 16.0. The van der Waals surface area contributed by atoms with E-state index in [0.717, 1.165) is 0 Å². The molecule has 0 bridgehead atoms. The number of rotatable bonds is 3. The van der Waals surface area contributed by atoms with E-state index in [1.165, 1.54) is 0 Å². The van der Waals surface area contributed by atoms with Crippen molar-refractivity contribution in [1.29, 1.82) is 0 Å². The first-order valence-corrected chi connectivity index (χ1v) is 2.10. The molecule has 0 spiro atoms. The Hall–Kier alpha value is -2.32. The first-order valence-electron chi connectivity index (χ1n) is 2.10. The molecule has 0 fully saturated rings. The molecule has 2 N–H and O–H groups in total. The van der Waals surface area contributed by atoms with Crippen LogP contribution in [0, 0.1) is 6.58 Å². The molecule has 0 aromatic heterocycles. The predicted molar refractivity (Wildman–Crippen MR) is 27.7 cm³/mol. The standard InChI is InChI=1S/C5H5O4.Rf/c1-3(5(8)9)2-4(6)7;/h1H,2H2,(H,6,7)(H,8,9);/q-1;. The SMILES string of the molecule is [CH-]=C(CC(=O)O)C(=O)O.[Rf]. The van der Waals surface area contributed by atoms with Crippen LogP contribution in [0.4, 0.5) is 0 Å². The van der Waals surface area contributed by atoms with E-state index in [9.17, 15) is 9.59 Å². The average molecular weight is 396 g/mol. The maximum Gasteiger partial charge on any atom is 0.304 e. The van der Waals surface area contributed by atoms with Gasteiger partial charge in [-0.1, -0.05) is 0 Å². The number of carbonyl (C=O) groups is 2. The van der Waals surface area contributed by atoms with Crippen molar-refractivity contribution in [3.05, 3.63) is 12.2 Å². The summed E-state index contributed by atoms with van der Waals surface area (Å²) >= 11 is 0. The van der Waals surface area contributed by atoms with Gasteiger partial charge in [0, 0.05) is 6.42 Å². The van der Waals surface area contributed by atoms with E-state index in [0.29, 0.717) is 0 Å². The maximum absolute atomic E-state index is 9.81. The Morgan fingerprint density at radius 3 is 1.80 bits per heavy atom. The van der Waals surface area contributed by atoms with Crippen LogP contribution in [0.3, 0.4) is 0 Å². The molecule has 10 heavy (non-hydrogen) atoms. The zero-order valence-corrected chi connectivity index (χ0v) is 11.6. The summed E-state index contributed by atoms with van der Waals surface area (Å²) in [5.74, 6) is -2.62. The first-order chi connectivity index (χ1) is 4.04. The van der Waals surface area contributed by atoms with Crippen molar-refractivity contribution in [2.24, 2.45) is 0 Å². The van der Waals surface area contributed by atoms with Crippen molar-refractivity contribution in [2.45, 2.75) is 6.42 Å². The molecule has 0 aromatic rings. The Balaban J connectivity index is 0. The van der Waals surface area contributed by atoms with Gasteiger partial charge in [0.05, 0.1) is 0 Å². The summed E-state index contributed by atoms with van der Waals surface area (Å²) in [6, 6.07) is 0. The first kappa shape index (κ1) is 10.6. The van der Waals surface area contributed by atoms with E-state index >= 15 is 0 Å². The van der Waals surface area contributed by atoms with E-state index in [1.807, 2.05) is 0 Å². The van der Waals surface area contributed by atoms with Crippen molar-refractivity contribution < 1.29 is 19.8 Å². The molecule has 0 unspecified atom stereocenters. The number of carboxylic acid groups (broad SMARTS) is 2. The van der Waals surface area contributed by atoms with Crippen LogP contribution in [-0.2, 0) is 9.59 Å². The van der Waals surface area contributed by atoms with Crippen LogP contribution in [0.5, 0.6) is 0 Å². The van der Waals surface area contributed by atoms with Crippen LogP contribution in [0.2, 0.25) is 0 Å². The fourth-order valence-corrected chi connectivity index (χ4v) is 0.239. The smallest absolute Gasteiger partial charge is 0.304 e. The monoisotopic (exact) mass is 396 g/mol. The molecular formula is C5H5O4Rf-. The van der Waals surface area contributed by atoms with Crippen LogP contribution in [0.1, 0.15) is 6.42 Å². The van der Waals surface area contributed by atoms with Gasteiger partial charge >= 0.3 is 5.97 Å². The van der Waals surface area contributed by atoms with E-state index in [1.54, 1.807) is 0 Å². The van der Waals surface area contributed by atoms with Gasteiger partial charge in [0.1, 0.15) is 0 Å². The predicted octanol–water partition coefficient (Wildman–Crippen LogP) is -0.0949. The summed E-state index contributed by atoms with van der Waals surface area (Å²) in [4.78, 5) is 19.6. The Morgan fingerprint density at radius 2 is 1.70 bits per heavy atom. The second kappa shape index (κ2) is 3.65. The third-order valence-electron chi connectivity index (χ3n) is 0.616. The number of aliphatic carboxylic acids is 2. The Kier molecular flexibility index (Phi) is 3.88. The molecule has 0 aliphatic carbocycles. The van der Waals surface area contributed by atoms with Crippen molar-refractivity contribution in [3.8, 4) is 0 Å². The van der Waals surface area contributed by atoms with Gasteiger partial charge in [-0.25, -0.2) is 0 Å². The van der Waals surface area contributed by atoms with Gasteiger partial charge in [0.25, 0.3) is 0 Å². The van der Waals surface area contributed by atoms with Crippen molar-refractivity contribution in [3.63, 3.8) is 0 Å². The van der Waals surface area contributed by atoms with Crippen LogP contribution in [0.15, 0.2) is 5.57 Å². The Labute approximate surface area is 51.4 Å². The summed E-state index contributed by atoms with van der Waals surface area (Å²) < 4.78 is 0. The zero-order chi connectivity index (χ0) is 7.44. The minimum Gasteiger partial charge on any atom is -0.562 e. The largest absolute Gasteiger partial charge is 0.562 e. The van der Waals surface area contributed by atoms with Crippen LogP contribution in [-0.4, -0.2) is 22.2 Å². The molecule has 0 saturated heterocycles. The second-order valence-corrected chi connectivity index (χ2v) is 1.40. The number of hydrogen-bond acceptors (Lipinski definition) is 2. The minimum absolute atomic E-state index is 0. The van der Waals surface area contributed by atoms with Gasteiger partial charge in [-0.2, -0.15) is 0 Å². The molecule has 0 atom stereocenters. The van der Waals surface area contributed by atoms with E-state index in [4.69, 9.17) is 16.8 Å². The van der Waals surface area contributed by atoms with Crippen LogP contribution in [0.25, 0.3) is 0 Å². The third kappa shape index (κ3) is 3.86. The quantitative estimate of drug-likeness (QED) is 0.517. The zero-order valence-electron chi connectivity index (χ0n) is 5.20.